The van der Waals surface area contributed by atoms with E-state index < -0.39 is 10.0 Å². The van der Waals surface area contributed by atoms with E-state index in [1.165, 1.54) is 4.31 Å². The lowest BCUT2D eigenvalue weighted by Gasteiger charge is -2.37. The summed E-state index contributed by atoms with van der Waals surface area (Å²) in [6.07, 6.45) is 3.06. The summed E-state index contributed by atoms with van der Waals surface area (Å²) in [6, 6.07) is 16.8. The Hall–Kier alpha value is -2.38. The highest BCUT2D eigenvalue weighted by Crippen LogP contribution is 2.27. The van der Waals surface area contributed by atoms with Gasteiger partial charge in [0, 0.05) is 32.1 Å². The van der Waals surface area contributed by atoms with Crippen molar-refractivity contribution < 1.29 is 17.9 Å². The molecule has 0 radical (unpaired) electrons. The molecule has 4 rings (SSSR count). The first-order valence-electron chi connectivity index (χ1n) is 11.5. The first-order chi connectivity index (χ1) is 15.4. The molecule has 172 valence electrons. The van der Waals surface area contributed by atoms with Crippen LogP contribution in [0.3, 0.4) is 0 Å². The van der Waals surface area contributed by atoms with Crippen molar-refractivity contribution >= 4 is 15.9 Å². The van der Waals surface area contributed by atoms with Gasteiger partial charge in [-0.1, -0.05) is 35.9 Å². The summed E-state index contributed by atoms with van der Waals surface area (Å²) in [5.74, 6) is 1.44. The second-order valence-electron chi connectivity index (χ2n) is 8.88. The van der Waals surface area contributed by atoms with Gasteiger partial charge in [-0.25, -0.2) is 8.42 Å². The standard InChI is InChI=1S/C25H32N2O4S/c1-20-7-9-24(10-8-20)32(29,30)27-17-13-22(14-18-27)25(28)26-15-11-21(12-16-26)19-31-23-5-3-2-4-6-23/h2-10,21-22H,11-19H2,1H3. The molecule has 2 heterocycles. The lowest BCUT2D eigenvalue weighted by atomic mass is 9.93. The van der Waals surface area contributed by atoms with Gasteiger partial charge < -0.3 is 9.64 Å². The molecule has 0 N–H and O–H groups in total. The Morgan fingerprint density at radius 3 is 2.16 bits per heavy atom. The number of carbonyl (C=O) groups is 1. The second kappa shape index (κ2) is 10.0. The summed E-state index contributed by atoms with van der Waals surface area (Å²) in [6.45, 7) is 4.92. The molecule has 0 spiro atoms. The van der Waals surface area contributed by atoms with Gasteiger partial charge in [0.05, 0.1) is 11.5 Å². The van der Waals surface area contributed by atoms with Crippen LogP contribution in [0, 0.1) is 18.8 Å². The molecule has 32 heavy (non-hydrogen) atoms. The Balaban J connectivity index is 1.24. The maximum atomic E-state index is 13.0. The highest BCUT2D eigenvalue weighted by atomic mass is 32.2. The molecule has 2 aliphatic heterocycles. The highest BCUT2D eigenvalue weighted by Gasteiger charge is 2.34. The molecule has 0 atom stereocenters. The van der Waals surface area contributed by atoms with Gasteiger partial charge in [0.25, 0.3) is 0 Å². The molecule has 0 bridgehead atoms. The SMILES string of the molecule is Cc1ccc(S(=O)(=O)N2CCC(C(=O)N3CCC(COc4ccccc4)CC3)CC2)cc1. The average Bonchev–Trinajstić information content (AvgIpc) is 2.84. The van der Waals surface area contributed by atoms with Gasteiger partial charge >= 0.3 is 0 Å². The van der Waals surface area contributed by atoms with E-state index in [0.717, 1.165) is 37.2 Å². The van der Waals surface area contributed by atoms with Gasteiger partial charge in [0.2, 0.25) is 15.9 Å². The molecule has 6 nitrogen and oxygen atoms in total. The average molecular weight is 457 g/mol. The molecule has 2 aromatic carbocycles. The smallest absolute Gasteiger partial charge is 0.243 e. The van der Waals surface area contributed by atoms with Gasteiger partial charge in [-0.05, 0) is 62.8 Å². The van der Waals surface area contributed by atoms with Crippen molar-refractivity contribution in [2.45, 2.75) is 37.5 Å². The number of hydrogen-bond donors (Lipinski definition) is 0. The fourth-order valence-electron chi connectivity index (χ4n) is 4.51. The van der Waals surface area contributed by atoms with Crippen molar-refractivity contribution in [2.75, 3.05) is 32.8 Å². The molecular formula is C25H32N2O4S. The summed E-state index contributed by atoms with van der Waals surface area (Å²) < 4.78 is 33.2. The predicted octanol–water partition coefficient (Wildman–Crippen LogP) is 3.71. The first-order valence-corrected chi connectivity index (χ1v) is 12.9. The Morgan fingerprint density at radius 1 is 0.906 bits per heavy atom. The zero-order valence-corrected chi connectivity index (χ0v) is 19.5. The van der Waals surface area contributed by atoms with Crippen LogP contribution >= 0.6 is 0 Å². The number of carbonyl (C=O) groups excluding carboxylic acids is 1. The Labute approximate surface area is 191 Å². The largest absolute Gasteiger partial charge is 0.493 e. The number of aryl methyl sites for hydroxylation is 1. The van der Waals surface area contributed by atoms with Crippen LogP contribution in [-0.2, 0) is 14.8 Å². The van der Waals surface area contributed by atoms with E-state index in [4.69, 9.17) is 4.74 Å². The quantitative estimate of drug-likeness (QED) is 0.665. The number of likely N-dealkylation sites (tertiary alicyclic amines) is 1. The third-order valence-electron chi connectivity index (χ3n) is 6.62. The number of para-hydroxylation sites is 1. The Bertz CT molecular complexity index is 992. The topological polar surface area (TPSA) is 66.9 Å². The number of nitrogens with zero attached hydrogens (tertiary/aromatic N) is 2. The van der Waals surface area contributed by atoms with Gasteiger partial charge in [-0.2, -0.15) is 4.31 Å². The lowest BCUT2D eigenvalue weighted by molar-refractivity contribution is -0.138. The highest BCUT2D eigenvalue weighted by molar-refractivity contribution is 7.89. The molecular weight excluding hydrogens is 424 g/mol. The van der Waals surface area contributed by atoms with Gasteiger partial charge in [0.1, 0.15) is 5.75 Å². The van der Waals surface area contributed by atoms with E-state index in [-0.39, 0.29) is 11.8 Å². The number of amides is 1. The normalized spacial score (nSPS) is 19.1. The van der Waals surface area contributed by atoms with Crippen molar-refractivity contribution in [3.05, 3.63) is 60.2 Å². The van der Waals surface area contributed by atoms with E-state index in [1.54, 1.807) is 12.1 Å². The number of ether oxygens (including phenoxy) is 1. The maximum absolute atomic E-state index is 13.0. The van der Waals surface area contributed by atoms with Crippen LogP contribution in [0.15, 0.2) is 59.5 Å². The van der Waals surface area contributed by atoms with Crippen LogP contribution in [0.5, 0.6) is 5.75 Å². The summed E-state index contributed by atoms with van der Waals surface area (Å²) >= 11 is 0. The van der Waals surface area contributed by atoms with E-state index in [0.29, 0.717) is 43.4 Å². The van der Waals surface area contributed by atoms with Crippen LogP contribution in [0.1, 0.15) is 31.2 Å². The molecule has 0 saturated carbocycles. The number of sulfonamides is 1. The molecule has 2 aromatic rings. The van der Waals surface area contributed by atoms with E-state index in [2.05, 4.69) is 0 Å². The van der Waals surface area contributed by atoms with Crippen molar-refractivity contribution in [3.63, 3.8) is 0 Å². The predicted molar refractivity (Wildman–Crippen MR) is 124 cm³/mol. The summed E-state index contributed by atoms with van der Waals surface area (Å²) in [7, 11) is -3.49. The Morgan fingerprint density at radius 2 is 1.53 bits per heavy atom. The molecule has 2 aliphatic rings. The fraction of sp³-hybridized carbons (Fsp3) is 0.480. The molecule has 2 saturated heterocycles. The molecule has 1 amide bonds. The molecule has 2 fully saturated rings. The van der Waals surface area contributed by atoms with Gasteiger partial charge in [0.15, 0.2) is 0 Å². The molecule has 7 heteroatoms. The van der Waals surface area contributed by atoms with Crippen molar-refractivity contribution in [1.82, 2.24) is 9.21 Å². The van der Waals surface area contributed by atoms with Crippen LogP contribution in [-0.4, -0.2) is 56.3 Å². The van der Waals surface area contributed by atoms with Crippen LogP contribution < -0.4 is 4.74 Å². The minimum atomic E-state index is -3.49. The third-order valence-corrected chi connectivity index (χ3v) is 8.53. The zero-order valence-electron chi connectivity index (χ0n) is 18.7. The third kappa shape index (κ3) is 5.33. The van der Waals surface area contributed by atoms with E-state index in [1.807, 2.05) is 54.3 Å². The van der Waals surface area contributed by atoms with Crippen molar-refractivity contribution in [3.8, 4) is 5.75 Å². The van der Waals surface area contributed by atoms with Crippen LogP contribution in [0.2, 0.25) is 0 Å². The minimum absolute atomic E-state index is 0.0865. The summed E-state index contributed by atoms with van der Waals surface area (Å²) in [5.41, 5.74) is 1.03. The molecule has 0 unspecified atom stereocenters. The first kappa shape index (κ1) is 22.8. The number of benzene rings is 2. The zero-order chi connectivity index (χ0) is 22.6. The minimum Gasteiger partial charge on any atom is -0.493 e. The lowest BCUT2D eigenvalue weighted by Crippen LogP contribution is -2.46. The van der Waals surface area contributed by atoms with Gasteiger partial charge in [-0.15, -0.1) is 0 Å². The Kier molecular flexibility index (Phi) is 7.16. The number of hydrogen-bond acceptors (Lipinski definition) is 4. The van der Waals surface area contributed by atoms with Crippen molar-refractivity contribution in [2.24, 2.45) is 11.8 Å². The number of piperidine rings is 2. The second-order valence-corrected chi connectivity index (χ2v) is 10.8. The van der Waals surface area contributed by atoms with E-state index >= 15 is 0 Å². The van der Waals surface area contributed by atoms with E-state index in [9.17, 15) is 13.2 Å². The van der Waals surface area contributed by atoms with Gasteiger partial charge in [-0.3, -0.25) is 4.79 Å². The van der Waals surface area contributed by atoms with Crippen molar-refractivity contribution in [1.29, 1.82) is 0 Å². The number of rotatable bonds is 6. The monoisotopic (exact) mass is 456 g/mol. The fourth-order valence-corrected chi connectivity index (χ4v) is 5.98. The van der Waals surface area contributed by atoms with Crippen LogP contribution in [0.25, 0.3) is 0 Å². The summed E-state index contributed by atoms with van der Waals surface area (Å²) in [4.78, 5) is 15.3. The molecule has 0 aromatic heterocycles. The van der Waals surface area contributed by atoms with Crippen LogP contribution in [0.4, 0.5) is 0 Å². The maximum Gasteiger partial charge on any atom is 0.243 e. The summed E-state index contributed by atoms with van der Waals surface area (Å²) in [5, 5.41) is 0. The molecule has 0 aliphatic carbocycles.